The molecule has 0 bridgehead atoms. The Labute approximate surface area is 137 Å². The van der Waals surface area contributed by atoms with Gasteiger partial charge < -0.3 is 20.4 Å². The van der Waals surface area contributed by atoms with Crippen molar-refractivity contribution in [3.63, 3.8) is 0 Å². The minimum Gasteiger partial charge on any atom is -0.363 e. The van der Waals surface area contributed by atoms with Crippen molar-refractivity contribution in [2.45, 2.75) is 13.8 Å². The second kappa shape index (κ2) is 8.10. The topological polar surface area (TPSA) is 48.8 Å². The summed E-state index contributed by atoms with van der Waals surface area (Å²) in [5.74, 6) is 0.0709. The van der Waals surface area contributed by atoms with Gasteiger partial charge in [0.05, 0.1) is 26.2 Å². The summed E-state index contributed by atoms with van der Waals surface area (Å²) in [6, 6.07) is 7.89. The van der Waals surface area contributed by atoms with Gasteiger partial charge in [0.2, 0.25) is 0 Å². The Morgan fingerprint density at radius 2 is 1.91 bits per heavy atom. The summed E-state index contributed by atoms with van der Waals surface area (Å²) >= 11 is 5.32. The van der Waals surface area contributed by atoms with E-state index in [1.165, 1.54) is 10.5 Å². The first-order chi connectivity index (χ1) is 10.6. The summed E-state index contributed by atoms with van der Waals surface area (Å²) < 4.78 is 0. The average Bonchev–Trinajstić information content (AvgIpc) is 2.50. The molecule has 3 N–H and O–H groups in total. The third-order valence-corrected chi connectivity index (χ3v) is 4.23. The van der Waals surface area contributed by atoms with Crippen LogP contribution in [0.25, 0.3) is 0 Å². The van der Waals surface area contributed by atoms with Gasteiger partial charge in [0.15, 0.2) is 11.7 Å². The molecule has 0 radical (unpaired) electrons. The van der Waals surface area contributed by atoms with Crippen molar-refractivity contribution in [2.24, 2.45) is 0 Å². The molecule has 1 fully saturated rings. The molecule has 1 aliphatic rings. The maximum atomic E-state index is 12.1. The van der Waals surface area contributed by atoms with E-state index in [0.29, 0.717) is 6.54 Å². The Hall–Kier alpha value is -1.66. The Bertz CT molecular complexity index is 509. The highest BCUT2D eigenvalue weighted by molar-refractivity contribution is 7.80. The summed E-state index contributed by atoms with van der Waals surface area (Å²) in [6.07, 6.45) is 0. The molecule has 1 aliphatic heterocycles. The number of hydrogen-bond donors (Lipinski definition) is 3. The minimum atomic E-state index is 0.0709. The van der Waals surface area contributed by atoms with Gasteiger partial charge in [0.25, 0.3) is 5.91 Å². The van der Waals surface area contributed by atoms with Crippen LogP contribution in [0.15, 0.2) is 24.3 Å². The number of nitrogens with one attached hydrogen (secondary N) is 3. The smallest absolute Gasteiger partial charge is 0.279 e. The normalized spacial score (nSPS) is 15.5. The number of rotatable bonds is 4. The number of hydrogen-bond acceptors (Lipinski definition) is 2. The molecular formula is C16H25N4OS+. The molecule has 0 atom stereocenters. The van der Waals surface area contributed by atoms with Gasteiger partial charge in [-0.15, -0.1) is 0 Å². The number of quaternary nitrogens is 1. The summed E-state index contributed by atoms with van der Waals surface area (Å²) in [5.41, 5.74) is 2.05. The lowest BCUT2D eigenvalue weighted by Gasteiger charge is -2.33. The standard InChI is InChI=1S/C16H24N4OS/c1-3-17-16(22)20-10-8-19(9-11-20)12-15(21)18-14-6-4-13(2)5-7-14/h4-7H,3,8-12H2,1-2H3,(H,17,22)(H,18,21)/p+1. The maximum Gasteiger partial charge on any atom is 0.279 e. The van der Waals surface area contributed by atoms with Crippen LogP contribution in [-0.2, 0) is 4.79 Å². The van der Waals surface area contributed by atoms with Crippen LogP contribution in [0.2, 0.25) is 0 Å². The molecule has 1 aromatic rings. The van der Waals surface area contributed by atoms with Gasteiger partial charge in [-0.2, -0.15) is 0 Å². The van der Waals surface area contributed by atoms with E-state index < -0.39 is 0 Å². The number of nitrogens with zero attached hydrogens (tertiary/aromatic N) is 1. The molecule has 0 unspecified atom stereocenters. The van der Waals surface area contributed by atoms with Gasteiger partial charge in [-0.05, 0) is 38.2 Å². The van der Waals surface area contributed by atoms with Crippen LogP contribution in [0.5, 0.6) is 0 Å². The predicted octanol–water partition coefficient (Wildman–Crippen LogP) is 0.0284. The molecule has 1 amide bonds. The number of anilines is 1. The molecule has 2 rings (SSSR count). The van der Waals surface area contributed by atoms with Crippen molar-refractivity contribution in [1.29, 1.82) is 0 Å². The highest BCUT2D eigenvalue weighted by Gasteiger charge is 2.23. The van der Waals surface area contributed by atoms with Crippen LogP contribution in [-0.4, -0.2) is 55.2 Å². The van der Waals surface area contributed by atoms with Crippen LogP contribution < -0.4 is 15.5 Å². The highest BCUT2D eigenvalue weighted by Crippen LogP contribution is 2.07. The quantitative estimate of drug-likeness (QED) is 0.685. The fourth-order valence-corrected chi connectivity index (χ4v) is 2.86. The molecule has 1 saturated heterocycles. The average molecular weight is 321 g/mol. The largest absolute Gasteiger partial charge is 0.363 e. The molecule has 5 nitrogen and oxygen atoms in total. The van der Waals surface area contributed by atoms with E-state index >= 15 is 0 Å². The predicted molar refractivity (Wildman–Crippen MR) is 93.2 cm³/mol. The van der Waals surface area contributed by atoms with Crippen LogP contribution in [0.1, 0.15) is 12.5 Å². The van der Waals surface area contributed by atoms with E-state index in [9.17, 15) is 4.79 Å². The van der Waals surface area contributed by atoms with Crippen molar-refractivity contribution in [3.8, 4) is 0 Å². The van der Waals surface area contributed by atoms with Crippen molar-refractivity contribution in [1.82, 2.24) is 10.2 Å². The number of amides is 1. The van der Waals surface area contributed by atoms with Crippen molar-refractivity contribution in [3.05, 3.63) is 29.8 Å². The molecule has 120 valence electrons. The fraction of sp³-hybridized carbons (Fsp3) is 0.500. The minimum absolute atomic E-state index is 0.0709. The summed E-state index contributed by atoms with van der Waals surface area (Å²) in [4.78, 5) is 15.6. The number of benzene rings is 1. The fourth-order valence-electron chi connectivity index (χ4n) is 2.53. The van der Waals surface area contributed by atoms with E-state index in [1.54, 1.807) is 0 Å². The third-order valence-electron chi connectivity index (χ3n) is 3.83. The second-order valence-electron chi connectivity index (χ2n) is 5.66. The monoisotopic (exact) mass is 321 g/mol. The van der Waals surface area contributed by atoms with Gasteiger partial charge in [-0.1, -0.05) is 17.7 Å². The van der Waals surface area contributed by atoms with Gasteiger partial charge in [-0.25, -0.2) is 0 Å². The number of aryl methyl sites for hydroxylation is 1. The lowest BCUT2D eigenvalue weighted by Crippen LogP contribution is -3.15. The van der Waals surface area contributed by atoms with Crippen LogP contribution in [0, 0.1) is 6.92 Å². The van der Waals surface area contributed by atoms with E-state index in [4.69, 9.17) is 12.2 Å². The van der Waals surface area contributed by atoms with Crippen molar-refractivity contribution >= 4 is 28.9 Å². The van der Waals surface area contributed by atoms with E-state index in [1.807, 2.05) is 38.1 Å². The van der Waals surface area contributed by atoms with E-state index in [-0.39, 0.29) is 5.91 Å². The van der Waals surface area contributed by atoms with Gasteiger partial charge in [0.1, 0.15) is 0 Å². The highest BCUT2D eigenvalue weighted by atomic mass is 32.1. The molecule has 0 spiro atoms. The summed E-state index contributed by atoms with van der Waals surface area (Å²) in [6.45, 7) is 9.12. The zero-order valence-electron chi connectivity index (χ0n) is 13.3. The lowest BCUT2D eigenvalue weighted by molar-refractivity contribution is -0.895. The Morgan fingerprint density at radius 3 is 2.50 bits per heavy atom. The molecule has 0 aliphatic carbocycles. The van der Waals surface area contributed by atoms with Crippen LogP contribution >= 0.6 is 12.2 Å². The van der Waals surface area contributed by atoms with E-state index in [0.717, 1.165) is 43.5 Å². The molecule has 0 aromatic heterocycles. The zero-order chi connectivity index (χ0) is 15.9. The maximum absolute atomic E-state index is 12.1. The van der Waals surface area contributed by atoms with Crippen molar-refractivity contribution in [2.75, 3.05) is 44.6 Å². The first-order valence-corrected chi connectivity index (χ1v) is 8.22. The number of thiocarbonyl (C=S) groups is 1. The molecule has 0 saturated carbocycles. The summed E-state index contributed by atoms with van der Waals surface area (Å²) in [5, 5.41) is 6.96. The molecule has 1 aromatic carbocycles. The van der Waals surface area contributed by atoms with Crippen molar-refractivity contribution < 1.29 is 9.69 Å². The van der Waals surface area contributed by atoms with Crippen LogP contribution in [0.3, 0.4) is 0 Å². The first-order valence-electron chi connectivity index (χ1n) is 7.81. The Morgan fingerprint density at radius 1 is 1.27 bits per heavy atom. The van der Waals surface area contributed by atoms with Gasteiger partial charge in [-0.3, -0.25) is 4.79 Å². The Balaban J connectivity index is 1.74. The zero-order valence-corrected chi connectivity index (χ0v) is 14.1. The number of carbonyl (C=O) groups excluding carboxylic acids is 1. The van der Waals surface area contributed by atoms with Gasteiger partial charge in [0, 0.05) is 12.2 Å². The first kappa shape index (κ1) is 16.7. The van der Waals surface area contributed by atoms with Gasteiger partial charge >= 0.3 is 0 Å². The van der Waals surface area contributed by atoms with Crippen LogP contribution in [0.4, 0.5) is 5.69 Å². The number of carbonyl (C=O) groups is 1. The lowest BCUT2D eigenvalue weighted by atomic mass is 10.2. The van der Waals surface area contributed by atoms with E-state index in [2.05, 4.69) is 15.5 Å². The SMILES string of the molecule is CCNC(=S)N1CC[NH+](CC(=O)Nc2ccc(C)cc2)CC1. The molecular weight excluding hydrogens is 296 g/mol. The second-order valence-corrected chi connectivity index (χ2v) is 6.05. The third kappa shape index (κ3) is 4.96. The summed E-state index contributed by atoms with van der Waals surface area (Å²) in [7, 11) is 0. The molecule has 6 heteroatoms. The number of piperazine rings is 1. The Kier molecular flexibility index (Phi) is 6.15. The molecule has 22 heavy (non-hydrogen) atoms. The molecule has 1 heterocycles.